The van der Waals surface area contributed by atoms with E-state index in [1.807, 2.05) is 0 Å². The topological polar surface area (TPSA) is 103 Å². The summed E-state index contributed by atoms with van der Waals surface area (Å²) in [4.78, 5) is 40.9. The fraction of sp³-hybridized carbons (Fsp3) is 0.455. The summed E-state index contributed by atoms with van der Waals surface area (Å²) in [6, 6.07) is 0. The van der Waals surface area contributed by atoms with Crippen LogP contribution < -0.4 is 5.56 Å². The van der Waals surface area contributed by atoms with E-state index in [-0.39, 0.29) is 5.69 Å². The van der Waals surface area contributed by atoms with E-state index in [2.05, 4.69) is 9.97 Å². The minimum absolute atomic E-state index is 0.00535. The van der Waals surface area contributed by atoms with Gasteiger partial charge in [-0.1, -0.05) is 0 Å². The van der Waals surface area contributed by atoms with Crippen molar-refractivity contribution >= 4 is 11.9 Å². The third-order valence-corrected chi connectivity index (χ3v) is 2.24. The lowest BCUT2D eigenvalue weighted by atomic mass is 10.1. The molecule has 0 aromatic carbocycles. The first-order chi connectivity index (χ1) is 8.21. The van der Waals surface area contributed by atoms with Gasteiger partial charge in [0, 0.05) is 11.7 Å². The highest BCUT2D eigenvalue weighted by Crippen LogP contribution is 2.15. The van der Waals surface area contributed by atoms with Crippen LogP contribution in [0.1, 0.15) is 31.3 Å². The maximum atomic E-state index is 12.1. The van der Waals surface area contributed by atoms with E-state index in [9.17, 15) is 14.4 Å². The number of hydrogen-bond donors (Lipinski definition) is 2. The zero-order valence-corrected chi connectivity index (χ0v) is 10.4. The van der Waals surface area contributed by atoms with Gasteiger partial charge in [0.15, 0.2) is 0 Å². The fourth-order valence-corrected chi connectivity index (χ4v) is 1.35. The molecule has 0 spiro atoms. The molecule has 1 aromatic heterocycles. The van der Waals surface area contributed by atoms with Crippen LogP contribution in [0.4, 0.5) is 0 Å². The summed E-state index contributed by atoms with van der Waals surface area (Å²) in [5.74, 6) is -1.65. The molecule has 0 aliphatic heterocycles. The molecule has 7 heteroatoms. The van der Waals surface area contributed by atoms with Crippen molar-refractivity contribution in [3.05, 3.63) is 28.4 Å². The average Bonchev–Trinajstić information content (AvgIpc) is 2.24. The Kier molecular flexibility index (Phi) is 3.85. The Labute approximate surface area is 103 Å². The largest absolute Gasteiger partial charge is 0.480 e. The predicted molar refractivity (Wildman–Crippen MR) is 63.3 cm³/mol. The second-order valence-corrected chi connectivity index (χ2v) is 4.75. The van der Waals surface area contributed by atoms with Gasteiger partial charge >= 0.3 is 5.97 Å². The van der Waals surface area contributed by atoms with E-state index in [1.54, 1.807) is 20.8 Å². The van der Waals surface area contributed by atoms with Crippen molar-refractivity contribution in [2.24, 2.45) is 0 Å². The van der Waals surface area contributed by atoms with Crippen LogP contribution in [0, 0.1) is 0 Å². The van der Waals surface area contributed by atoms with Gasteiger partial charge in [-0.15, -0.1) is 0 Å². The first kappa shape index (κ1) is 13.9. The van der Waals surface area contributed by atoms with Crippen LogP contribution >= 0.6 is 0 Å². The molecule has 2 N–H and O–H groups in total. The molecule has 0 bridgehead atoms. The summed E-state index contributed by atoms with van der Waals surface area (Å²) in [6.45, 7) is 4.74. The van der Waals surface area contributed by atoms with Crippen LogP contribution in [0.25, 0.3) is 0 Å². The van der Waals surface area contributed by atoms with Crippen LogP contribution in [0.15, 0.2) is 17.2 Å². The summed E-state index contributed by atoms with van der Waals surface area (Å²) in [5.41, 5.74) is -1.08. The van der Waals surface area contributed by atoms with Crippen molar-refractivity contribution in [2.45, 2.75) is 26.3 Å². The number of H-pyrrole nitrogens is 1. The number of carbonyl (C=O) groups is 2. The molecule has 0 saturated heterocycles. The van der Waals surface area contributed by atoms with Gasteiger partial charge in [0.25, 0.3) is 11.5 Å². The summed E-state index contributed by atoms with van der Waals surface area (Å²) in [5, 5.41) is 8.82. The molecular formula is C11H15N3O4. The quantitative estimate of drug-likeness (QED) is 0.794. The van der Waals surface area contributed by atoms with Gasteiger partial charge in [-0.2, -0.15) is 0 Å². The number of aromatic amines is 1. The number of amides is 1. The van der Waals surface area contributed by atoms with E-state index >= 15 is 0 Å². The van der Waals surface area contributed by atoms with Crippen LogP contribution in [-0.2, 0) is 4.79 Å². The molecule has 18 heavy (non-hydrogen) atoms. The first-order valence-electron chi connectivity index (χ1n) is 5.30. The molecule has 0 unspecified atom stereocenters. The molecule has 0 aliphatic carbocycles. The maximum absolute atomic E-state index is 12.1. The number of nitrogens with zero attached hydrogens (tertiary/aromatic N) is 2. The number of carboxylic acids is 1. The smallest absolute Gasteiger partial charge is 0.323 e. The van der Waals surface area contributed by atoms with Gasteiger partial charge in [-0.3, -0.25) is 14.4 Å². The molecule has 1 heterocycles. The van der Waals surface area contributed by atoms with E-state index in [1.165, 1.54) is 11.1 Å². The van der Waals surface area contributed by atoms with Gasteiger partial charge < -0.3 is 15.0 Å². The van der Waals surface area contributed by atoms with Crippen molar-refractivity contribution in [3.63, 3.8) is 0 Å². The second-order valence-electron chi connectivity index (χ2n) is 4.75. The van der Waals surface area contributed by atoms with Crippen molar-refractivity contribution < 1.29 is 14.7 Å². The lowest BCUT2D eigenvalue weighted by molar-refractivity contribution is -0.138. The van der Waals surface area contributed by atoms with Crippen molar-refractivity contribution in [1.29, 1.82) is 0 Å². The molecule has 0 aliphatic rings. The molecule has 98 valence electrons. The third-order valence-electron chi connectivity index (χ3n) is 2.24. The maximum Gasteiger partial charge on any atom is 0.323 e. The van der Waals surface area contributed by atoms with Crippen LogP contribution in [0.3, 0.4) is 0 Å². The molecule has 1 aromatic rings. The molecule has 1 amide bonds. The van der Waals surface area contributed by atoms with Gasteiger partial charge in [0.05, 0.1) is 6.20 Å². The Hall–Kier alpha value is -2.18. The van der Waals surface area contributed by atoms with Gasteiger partial charge in [-0.25, -0.2) is 4.98 Å². The molecule has 0 radical (unpaired) electrons. The molecule has 1 rings (SSSR count). The summed E-state index contributed by atoms with van der Waals surface area (Å²) >= 11 is 0. The Morgan fingerprint density at radius 2 is 2.06 bits per heavy atom. The highest BCUT2D eigenvalue weighted by Gasteiger charge is 2.29. The highest BCUT2D eigenvalue weighted by molar-refractivity contribution is 5.94. The van der Waals surface area contributed by atoms with Crippen molar-refractivity contribution in [2.75, 3.05) is 6.54 Å². The summed E-state index contributed by atoms with van der Waals surface area (Å²) in [7, 11) is 0. The number of aromatic nitrogens is 2. The number of nitrogens with one attached hydrogen (secondary N) is 1. The number of rotatable bonds is 3. The predicted octanol–water partition coefficient (Wildman–Crippen LogP) is 0.0952. The Bertz CT molecular complexity index is 495. The van der Waals surface area contributed by atoms with Crippen LogP contribution in [-0.4, -0.2) is 43.9 Å². The SMILES string of the molecule is CC(C)(C)N(CC(=O)O)C(=O)c1c[nH]c(=O)cn1. The zero-order valence-electron chi connectivity index (χ0n) is 10.4. The minimum Gasteiger partial charge on any atom is -0.480 e. The summed E-state index contributed by atoms with van der Waals surface area (Å²) in [6.07, 6.45) is 2.15. The van der Waals surface area contributed by atoms with Crippen molar-refractivity contribution in [1.82, 2.24) is 14.9 Å². The highest BCUT2D eigenvalue weighted by atomic mass is 16.4. The Balaban J connectivity index is 3.06. The molecule has 0 atom stereocenters. The lowest BCUT2D eigenvalue weighted by Crippen LogP contribution is -2.48. The van der Waals surface area contributed by atoms with Gasteiger partial charge in [0.2, 0.25) is 0 Å². The fourth-order valence-electron chi connectivity index (χ4n) is 1.35. The third kappa shape index (κ3) is 3.41. The monoisotopic (exact) mass is 253 g/mol. The van der Waals surface area contributed by atoms with E-state index in [0.717, 1.165) is 6.20 Å². The lowest BCUT2D eigenvalue weighted by Gasteiger charge is -2.34. The van der Waals surface area contributed by atoms with Crippen LogP contribution in [0.5, 0.6) is 0 Å². The van der Waals surface area contributed by atoms with Crippen LogP contribution in [0.2, 0.25) is 0 Å². The standard InChI is InChI=1S/C11H15N3O4/c1-11(2,3)14(6-9(16)17)10(18)7-4-13-8(15)5-12-7/h4-5H,6H2,1-3H3,(H,13,15)(H,16,17). The number of aliphatic carboxylic acids is 1. The van der Waals surface area contributed by atoms with E-state index < -0.39 is 29.5 Å². The van der Waals surface area contributed by atoms with Crippen molar-refractivity contribution in [3.8, 4) is 0 Å². The van der Waals surface area contributed by atoms with E-state index in [0.29, 0.717) is 0 Å². The zero-order chi connectivity index (χ0) is 13.9. The molecule has 0 saturated carbocycles. The molecule has 0 fully saturated rings. The molecule has 7 nitrogen and oxygen atoms in total. The number of hydrogen-bond acceptors (Lipinski definition) is 4. The Morgan fingerprint density at radius 3 is 2.44 bits per heavy atom. The first-order valence-corrected chi connectivity index (χ1v) is 5.30. The second kappa shape index (κ2) is 4.99. The van der Waals surface area contributed by atoms with E-state index in [4.69, 9.17) is 5.11 Å². The van der Waals surface area contributed by atoms with Gasteiger partial charge in [0.1, 0.15) is 12.2 Å². The van der Waals surface area contributed by atoms with Gasteiger partial charge in [-0.05, 0) is 20.8 Å². The Morgan fingerprint density at radius 1 is 1.44 bits per heavy atom. The average molecular weight is 253 g/mol. The summed E-state index contributed by atoms with van der Waals surface area (Å²) < 4.78 is 0. The minimum atomic E-state index is -1.11. The normalized spacial score (nSPS) is 11.1. The molecular weight excluding hydrogens is 238 g/mol. The number of carbonyl (C=O) groups excluding carboxylic acids is 1. The number of carboxylic acid groups (broad SMARTS) is 1.